The predicted octanol–water partition coefficient (Wildman–Crippen LogP) is 1.76. The molecule has 0 bridgehead atoms. The second-order valence-corrected chi connectivity index (χ2v) is 4.86. The summed E-state index contributed by atoms with van der Waals surface area (Å²) in [7, 11) is 1.30. The van der Waals surface area contributed by atoms with Crippen LogP contribution in [0, 0.1) is 10.1 Å². The first-order chi connectivity index (χ1) is 10.0. The van der Waals surface area contributed by atoms with Crippen molar-refractivity contribution in [3.8, 4) is 0 Å². The first-order valence-corrected chi connectivity index (χ1v) is 6.65. The molecule has 1 aliphatic carbocycles. The molecule has 0 spiro atoms. The van der Waals surface area contributed by atoms with Gasteiger partial charge < -0.3 is 9.64 Å². The fourth-order valence-electron chi connectivity index (χ4n) is 2.07. The number of hydrogen-bond acceptors (Lipinski definition) is 5. The van der Waals surface area contributed by atoms with Crippen LogP contribution in [0.15, 0.2) is 24.3 Å². The molecule has 21 heavy (non-hydrogen) atoms. The van der Waals surface area contributed by atoms with E-state index in [0.29, 0.717) is 0 Å². The number of esters is 1. The maximum atomic E-state index is 12.5. The molecule has 0 unspecified atom stereocenters. The Morgan fingerprint density at radius 2 is 2.14 bits per heavy atom. The van der Waals surface area contributed by atoms with Crippen LogP contribution in [0.2, 0.25) is 0 Å². The monoisotopic (exact) mass is 292 g/mol. The van der Waals surface area contributed by atoms with Gasteiger partial charge in [-0.25, -0.2) is 0 Å². The highest BCUT2D eigenvalue weighted by molar-refractivity contribution is 5.95. The number of non-ortho nitro benzene ring substituents is 1. The van der Waals surface area contributed by atoms with E-state index in [9.17, 15) is 19.7 Å². The van der Waals surface area contributed by atoms with Crippen LogP contribution >= 0.6 is 0 Å². The number of hydrogen-bond donors (Lipinski definition) is 0. The summed E-state index contributed by atoms with van der Waals surface area (Å²) in [5.41, 5.74) is 0.144. The normalized spacial score (nSPS) is 13.6. The molecule has 2 rings (SSSR count). The molecule has 0 atom stereocenters. The Balaban J connectivity index is 2.12. The second kappa shape index (κ2) is 6.34. The molecule has 0 saturated heterocycles. The van der Waals surface area contributed by atoms with Crippen molar-refractivity contribution in [2.45, 2.75) is 25.3 Å². The van der Waals surface area contributed by atoms with Gasteiger partial charge in [0.25, 0.3) is 11.6 Å². The van der Waals surface area contributed by atoms with Gasteiger partial charge in [-0.2, -0.15) is 0 Å². The highest BCUT2D eigenvalue weighted by Gasteiger charge is 2.33. The maximum Gasteiger partial charge on any atom is 0.307 e. The Bertz CT molecular complexity index is 568. The summed E-state index contributed by atoms with van der Waals surface area (Å²) in [6.45, 7) is 0.263. The van der Waals surface area contributed by atoms with Gasteiger partial charge in [0.05, 0.1) is 18.5 Å². The molecule has 0 aliphatic heterocycles. The molecule has 1 saturated carbocycles. The number of benzene rings is 1. The standard InChI is InChI=1S/C14H16N2O5/c1-21-13(17)7-8-15(11-5-6-11)14(18)10-3-2-4-12(9-10)16(19)20/h2-4,9,11H,5-8H2,1H3. The van der Waals surface area contributed by atoms with Gasteiger partial charge in [0, 0.05) is 30.3 Å². The smallest absolute Gasteiger partial charge is 0.307 e. The van der Waals surface area contributed by atoms with Crippen LogP contribution in [0.3, 0.4) is 0 Å². The molecule has 1 amide bonds. The van der Waals surface area contributed by atoms with Crippen molar-refractivity contribution in [2.75, 3.05) is 13.7 Å². The molecule has 1 aromatic carbocycles. The first kappa shape index (κ1) is 15.0. The SMILES string of the molecule is COC(=O)CCN(C(=O)c1cccc([N+](=O)[O-])c1)C1CC1. The number of nitro benzene ring substituents is 1. The number of nitro groups is 1. The molecular formula is C14H16N2O5. The third kappa shape index (κ3) is 3.77. The molecule has 0 radical (unpaired) electrons. The van der Waals surface area contributed by atoms with Crippen LogP contribution in [0.25, 0.3) is 0 Å². The van der Waals surface area contributed by atoms with E-state index in [1.165, 1.54) is 25.3 Å². The summed E-state index contributed by atoms with van der Waals surface area (Å²) in [5.74, 6) is -0.669. The van der Waals surface area contributed by atoms with Crippen molar-refractivity contribution >= 4 is 17.6 Å². The Morgan fingerprint density at radius 1 is 1.43 bits per heavy atom. The van der Waals surface area contributed by atoms with E-state index in [0.717, 1.165) is 12.8 Å². The van der Waals surface area contributed by atoms with Crippen molar-refractivity contribution in [1.82, 2.24) is 4.90 Å². The second-order valence-electron chi connectivity index (χ2n) is 4.86. The third-order valence-electron chi connectivity index (χ3n) is 3.34. The van der Waals surface area contributed by atoms with Crippen molar-refractivity contribution in [3.63, 3.8) is 0 Å². The zero-order valence-corrected chi connectivity index (χ0v) is 11.7. The van der Waals surface area contributed by atoms with Crippen molar-refractivity contribution in [1.29, 1.82) is 0 Å². The van der Waals surface area contributed by atoms with Crippen LogP contribution < -0.4 is 0 Å². The lowest BCUT2D eigenvalue weighted by Crippen LogP contribution is -2.35. The van der Waals surface area contributed by atoms with E-state index in [1.807, 2.05) is 0 Å². The fraction of sp³-hybridized carbons (Fsp3) is 0.429. The van der Waals surface area contributed by atoms with E-state index < -0.39 is 4.92 Å². The van der Waals surface area contributed by atoms with E-state index in [4.69, 9.17) is 0 Å². The Morgan fingerprint density at radius 3 is 2.71 bits per heavy atom. The van der Waals surface area contributed by atoms with Crippen LogP contribution in [0.4, 0.5) is 5.69 Å². The minimum Gasteiger partial charge on any atom is -0.469 e. The molecule has 0 aromatic heterocycles. The molecule has 0 heterocycles. The zero-order valence-electron chi connectivity index (χ0n) is 11.7. The largest absolute Gasteiger partial charge is 0.469 e. The molecule has 1 fully saturated rings. The summed E-state index contributed by atoms with van der Waals surface area (Å²) < 4.78 is 4.57. The minimum absolute atomic E-state index is 0.112. The molecule has 112 valence electrons. The summed E-state index contributed by atoms with van der Waals surface area (Å²) in [5, 5.41) is 10.8. The Labute approximate surface area is 121 Å². The Kier molecular flexibility index (Phi) is 4.52. The summed E-state index contributed by atoms with van der Waals surface area (Å²) in [4.78, 5) is 35.5. The van der Waals surface area contributed by atoms with E-state index in [-0.39, 0.29) is 42.1 Å². The minimum atomic E-state index is -0.535. The van der Waals surface area contributed by atoms with Gasteiger partial charge in [0.15, 0.2) is 0 Å². The number of methoxy groups -OCH3 is 1. The average Bonchev–Trinajstić information content (AvgIpc) is 3.31. The number of amides is 1. The van der Waals surface area contributed by atoms with Gasteiger partial charge in [-0.15, -0.1) is 0 Å². The lowest BCUT2D eigenvalue weighted by atomic mass is 10.1. The van der Waals surface area contributed by atoms with E-state index >= 15 is 0 Å². The van der Waals surface area contributed by atoms with Crippen LogP contribution in [-0.4, -0.2) is 41.4 Å². The quantitative estimate of drug-likeness (QED) is 0.453. The van der Waals surface area contributed by atoms with Crippen molar-refractivity contribution in [2.24, 2.45) is 0 Å². The number of carbonyl (C=O) groups excluding carboxylic acids is 2. The third-order valence-corrected chi connectivity index (χ3v) is 3.34. The lowest BCUT2D eigenvalue weighted by Gasteiger charge is -2.21. The molecule has 7 nitrogen and oxygen atoms in total. The number of rotatable bonds is 6. The zero-order chi connectivity index (χ0) is 15.4. The number of ether oxygens (including phenoxy) is 1. The Hall–Kier alpha value is -2.44. The molecule has 0 N–H and O–H groups in total. The van der Waals surface area contributed by atoms with E-state index in [1.54, 1.807) is 11.0 Å². The van der Waals surface area contributed by atoms with Crippen molar-refractivity contribution in [3.05, 3.63) is 39.9 Å². The lowest BCUT2D eigenvalue weighted by molar-refractivity contribution is -0.384. The van der Waals surface area contributed by atoms with Gasteiger partial charge in [0.1, 0.15) is 0 Å². The molecule has 1 aliphatic rings. The number of nitrogens with zero attached hydrogens (tertiary/aromatic N) is 2. The summed E-state index contributed by atoms with van der Waals surface area (Å²) in [6, 6.07) is 5.74. The predicted molar refractivity (Wildman–Crippen MR) is 73.8 cm³/mol. The highest BCUT2D eigenvalue weighted by Crippen LogP contribution is 2.29. The number of carbonyl (C=O) groups is 2. The van der Waals surface area contributed by atoms with Gasteiger partial charge in [-0.3, -0.25) is 19.7 Å². The van der Waals surface area contributed by atoms with Crippen LogP contribution in [-0.2, 0) is 9.53 Å². The van der Waals surface area contributed by atoms with Gasteiger partial charge in [-0.05, 0) is 18.9 Å². The van der Waals surface area contributed by atoms with Crippen LogP contribution in [0.5, 0.6) is 0 Å². The van der Waals surface area contributed by atoms with Gasteiger partial charge in [0.2, 0.25) is 0 Å². The molecular weight excluding hydrogens is 276 g/mol. The summed E-state index contributed by atoms with van der Waals surface area (Å²) >= 11 is 0. The van der Waals surface area contributed by atoms with E-state index in [2.05, 4.69) is 4.74 Å². The highest BCUT2D eigenvalue weighted by atomic mass is 16.6. The summed E-state index contributed by atoms with van der Waals surface area (Å²) in [6.07, 6.45) is 1.90. The topological polar surface area (TPSA) is 89.8 Å². The first-order valence-electron chi connectivity index (χ1n) is 6.65. The molecule has 7 heteroatoms. The van der Waals surface area contributed by atoms with Crippen LogP contribution in [0.1, 0.15) is 29.6 Å². The average molecular weight is 292 g/mol. The van der Waals surface area contributed by atoms with Crippen molar-refractivity contribution < 1.29 is 19.2 Å². The molecule has 1 aromatic rings. The van der Waals surface area contributed by atoms with Gasteiger partial charge in [-0.1, -0.05) is 6.07 Å². The fourth-order valence-corrected chi connectivity index (χ4v) is 2.07. The van der Waals surface area contributed by atoms with Gasteiger partial charge >= 0.3 is 5.97 Å². The maximum absolute atomic E-state index is 12.5.